The van der Waals surface area contributed by atoms with Crippen molar-refractivity contribution in [2.75, 3.05) is 6.61 Å². The molecule has 0 spiro atoms. The molecule has 0 heterocycles. The second-order valence-corrected chi connectivity index (χ2v) is 10.6. The molecule has 1 amide bonds. The lowest BCUT2D eigenvalue weighted by molar-refractivity contribution is 0.0921. The number of halogens is 3. The molecule has 10 heteroatoms. The number of alkyl halides is 1. The zero-order valence-corrected chi connectivity index (χ0v) is 19.7. The average Bonchev–Trinajstić information content (AvgIpc) is 2.79. The normalized spacial score (nSPS) is 19.9. The monoisotopic (exact) mass is 500 g/mol. The van der Waals surface area contributed by atoms with Gasteiger partial charge < -0.3 is 10.4 Å². The Morgan fingerprint density at radius 3 is 2.48 bits per heavy atom. The van der Waals surface area contributed by atoms with Crippen LogP contribution in [0.4, 0.5) is 8.78 Å². The van der Waals surface area contributed by atoms with E-state index in [9.17, 15) is 22.0 Å². The lowest BCUT2D eigenvalue weighted by atomic mass is 9.93. The molecule has 0 aromatic heterocycles. The minimum absolute atomic E-state index is 0.0251. The van der Waals surface area contributed by atoms with Crippen LogP contribution >= 0.6 is 11.6 Å². The third-order valence-electron chi connectivity index (χ3n) is 5.73. The number of aliphatic hydroxyl groups excluding tert-OH is 1. The van der Waals surface area contributed by atoms with Crippen LogP contribution in [0.15, 0.2) is 47.4 Å². The molecule has 6 nitrogen and oxygen atoms in total. The molecule has 0 aliphatic heterocycles. The summed E-state index contributed by atoms with van der Waals surface area (Å²) in [7, 11) is -4.15. The third-order valence-corrected chi connectivity index (χ3v) is 7.87. The van der Waals surface area contributed by atoms with Gasteiger partial charge in [-0.2, -0.15) is 4.31 Å². The van der Waals surface area contributed by atoms with Crippen molar-refractivity contribution in [1.82, 2.24) is 9.62 Å². The van der Waals surface area contributed by atoms with Crippen LogP contribution in [0, 0.1) is 5.82 Å². The summed E-state index contributed by atoms with van der Waals surface area (Å²) < 4.78 is 57.7. The number of nitrogens with zero attached hydrogens (tertiary/aromatic N) is 1. The zero-order valence-electron chi connectivity index (χ0n) is 18.2. The van der Waals surface area contributed by atoms with Gasteiger partial charge in [-0.3, -0.25) is 4.79 Å². The van der Waals surface area contributed by atoms with Crippen LogP contribution in [0.25, 0.3) is 0 Å². The van der Waals surface area contributed by atoms with Crippen molar-refractivity contribution in [2.45, 2.75) is 62.3 Å². The van der Waals surface area contributed by atoms with Gasteiger partial charge in [0.1, 0.15) is 12.0 Å². The Hall–Kier alpha value is -2.07. The van der Waals surface area contributed by atoms with Crippen molar-refractivity contribution in [3.05, 3.63) is 64.4 Å². The van der Waals surface area contributed by atoms with E-state index in [0.29, 0.717) is 24.3 Å². The van der Waals surface area contributed by atoms with Crippen molar-refractivity contribution in [2.24, 2.45) is 0 Å². The number of amides is 1. The van der Waals surface area contributed by atoms with Crippen LogP contribution < -0.4 is 5.32 Å². The molecule has 1 saturated carbocycles. The molecule has 2 unspecified atom stereocenters. The molecular weight excluding hydrogens is 474 g/mol. The highest BCUT2D eigenvalue weighted by molar-refractivity contribution is 7.89. The predicted octanol–water partition coefficient (Wildman–Crippen LogP) is 4.06. The Kier molecular flexibility index (Phi) is 8.44. The van der Waals surface area contributed by atoms with Gasteiger partial charge >= 0.3 is 0 Å². The number of aliphatic hydroxyl groups is 1. The van der Waals surface area contributed by atoms with E-state index in [-0.39, 0.29) is 35.6 Å². The van der Waals surface area contributed by atoms with Gasteiger partial charge in [-0.1, -0.05) is 30.5 Å². The quantitative estimate of drug-likeness (QED) is 0.572. The molecule has 180 valence electrons. The van der Waals surface area contributed by atoms with Crippen LogP contribution in [-0.4, -0.2) is 48.6 Å². The van der Waals surface area contributed by atoms with Gasteiger partial charge in [0, 0.05) is 28.7 Å². The van der Waals surface area contributed by atoms with Gasteiger partial charge in [-0.05, 0) is 56.2 Å². The molecule has 2 aromatic rings. The third kappa shape index (κ3) is 6.09. The lowest BCUT2D eigenvalue weighted by Gasteiger charge is -2.35. The average molecular weight is 501 g/mol. The molecule has 33 heavy (non-hydrogen) atoms. The molecular formula is C23H27ClF2N2O4S. The number of rotatable bonds is 8. The Balaban J connectivity index is 1.93. The van der Waals surface area contributed by atoms with Gasteiger partial charge in [0.2, 0.25) is 10.0 Å². The van der Waals surface area contributed by atoms with Gasteiger partial charge in [-0.25, -0.2) is 17.2 Å². The van der Waals surface area contributed by atoms with E-state index in [1.54, 1.807) is 6.92 Å². The number of hydrogen-bond acceptors (Lipinski definition) is 4. The minimum Gasteiger partial charge on any atom is -0.394 e. The summed E-state index contributed by atoms with van der Waals surface area (Å²) in [5.74, 6) is -1.34. The Morgan fingerprint density at radius 1 is 1.21 bits per heavy atom. The van der Waals surface area contributed by atoms with E-state index < -0.39 is 40.0 Å². The van der Waals surface area contributed by atoms with E-state index >= 15 is 0 Å². The number of hydrogen-bond donors (Lipinski definition) is 2. The minimum atomic E-state index is -4.15. The lowest BCUT2D eigenvalue weighted by Crippen LogP contribution is -2.46. The first kappa shape index (κ1) is 25.6. The van der Waals surface area contributed by atoms with E-state index in [0.717, 1.165) is 10.4 Å². The predicted molar refractivity (Wildman–Crippen MR) is 122 cm³/mol. The number of sulfonamides is 1. The highest BCUT2D eigenvalue weighted by Gasteiger charge is 2.38. The summed E-state index contributed by atoms with van der Waals surface area (Å²) in [5.41, 5.74) is 0.0572. The number of carbonyl (C=O) groups excluding carboxylic acids is 1. The molecule has 3 rings (SSSR count). The summed E-state index contributed by atoms with van der Waals surface area (Å²) in [5, 5.41) is 11.9. The van der Waals surface area contributed by atoms with Gasteiger partial charge in [0.15, 0.2) is 0 Å². The molecule has 1 aliphatic carbocycles. The summed E-state index contributed by atoms with van der Waals surface area (Å²) in [6, 6.07) is 7.83. The van der Waals surface area contributed by atoms with E-state index in [2.05, 4.69) is 5.32 Å². The maximum absolute atomic E-state index is 14.9. The summed E-state index contributed by atoms with van der Waals surface area (Å²) in [6.45, 7) is 0.951. The van der Waals surface area contributed by atoms with Crippen molar-refractivity contribution in [1.29, 1.82) is 0 Å². The first-order valence-electron chi connectivity index (χ1n) is 10.7. The Bertz CT molecular complexity index is 1080. The van der Waals surface area contributed by atoms with Gasteiger partial charge in [-0.15, -0.1) is 0 Å². The fraction of sp³-hybridized carbons (Fsp3) is 0.435. The van der Waals surface area contributed by atoms with E-state index in [1.165, 1.54) is 36.4 Å². The summed E-state index contributed by atoms with van der Waals surface area (Å²) in [6.07, 6.45) is 0.532. The molecule has 1 aliphatic rings. The van der Waals surface area contributed by atoms with Crippen LogP contribution in [0.2, 0.25) is 5.02 Å². The van der Waals surface area contributed by atoms with E-state index in [1.807, 2.05) is 0 Å². The highest BCUT2D eigenvalue weighted by atomic mass is 35.5. The fourth-order valence-corrected chi connectivity index (χ4v) is 5.63. The molecule has 0 bridgehead atoms. The second-order valence-electron chi connectivity index (χ2n) is 8.24. The highest BCUT2D eigenvalue weighted by Crippen LogP contribution is 2.32. The zero-order chi connectivity index (χ0) is 24.2. The number of carbonyl (C=O) groups is 1. The van der Waals surface area contributed by atoms with Crippen LogP contribution in [0.1, 0.15) is 48.5 Å². The fourth-order valence-electron chi connectivity index (χ4n) is 3.85. The number of nitrogens with one attached hydrogen (secondary N) is 1. The molecule has 0 radical (unpaired) electrons. The first-order chi connectivity index (χ1) is 15.6. The topological polar surface area (TPSA) is 86.7 Å². The van der Waals surface area contributed by atoms with Crippen molar-refractivity contribution in [3.8, 4) is 0 Å². The Morgan fingerprint density at radius 2 is 1.88 bits per heavy atom. The molecule has 2 N–H and O–H groups in total. The smallest absolute Gasteiger partial charge is 0.251 e. The molecule has 1 fully saturated rings. The largest absolute Gasteiger partial charge is 0.394 e. The van der Waals surface area contributed by atoms with Crippen molar-refractivity contribution in [3.63, 3.8) is 0 Å². The standard InChI is InChI=1S/C23H27ClF2N2O4S/c1-15(14-29)27-23(30)16-6-7-17(21(26)12-16)13-28(22-5-3-2-4-20(22)25)33(31,32)19-10-8-18(24)9-11-19/h6-12,15,20,22,29H,2-5,13-14H2,1H3,(H,27,30)/t15-,20?,22?/m0/s1. The summed E-state index contributed by atoms with van der Waals surface area (Å²) >= 11 is 5.88. The SMILES string of the molecule is C[C@@H](CO)NC(=O)c1ccc(CN(C2CCCCC2F)S(=O)(=O)c2ccc(Cl)cc2)c(F)c1. The maximum Gasteiger partial charge on any atom is 0.251 e. The number of benzene rings is 2. The molecule has 3 atom stereocenters. The first-order valence-corrected chi connectivity index (χ1v) is 12.6. The Labute approximate surface area is 197 Å². The maximum atomic E-state index is 14.9. The van der Waals surface area contributed by atoms with Crippen LogP contribution in [0.5, 0.6) is 0 Å². The molecule has 0 saturated heterocycles. The van der Waals surface area contributed by atoms with Gasteiger partial charge in [0.05, 0.1) is 17.5 Å². The molecule has 2 aromatic carbocycles. The van der Waals surface area contributed by atoms with Crippen molar-refractivity contribution < 1.29 is 27.1 Å². The van der Waals surface area contributed by atoms with Gasteiger partial charge in [0.25, 0.3) is 5.91 Å². The van der Waals surface area contributed by atoms with Crippen LogP contribution in [0.3, 0.4) is 0 Å². The second kappa shape index (κ2) is 10.9. The van der Waals surface area contributed by atoms with Crippen molar-refractivity contribution >= 4 is 27.5 Å². The summed E-state index contributed by atoms with van der Waals surface area (Å²) in [4.78, 5) is 12.1. The van der Waals surface area contributed by atoms with E-state index in [4.69, 9.17) is 16.7 Å². The van der Waals surface area contributed by atoms with Crippen LogP contribution in [-0.2, 0) is 16.6 Å².